The van der Waals surface area contributed by atoms with Crippen molar-refractivity contribution in [2.75, 3.05) is 19.6 Å². The number of benzene rings is 1. The van der Waals surface area contributed by atoms with E-state index in [0.717, 1.165) is 49.2 Å². The molecule has 2 aromatic heterocycles. The maximum absolute atomic E-state index is 13.0. The quantitative estimate of drug-likeness (QED) is 0.608. The molecular formula is C23H28N4O3. The average molecular weight is 409 g/mol. The average Bonchev–Trinajstić information content (AvgIpc) is 3.32. The summed E-state index contributed by atoms with van der Waals surface area (Å²) in [6.45, 7) is 2.52. The number of furan rings is 1. The summed E-state index contributed by atoms with van der Waals surface area (Å²) in [7, 11) is 0. The molecule has 158 valence electrons. The molecule has 1 aliphatic rings. The summed E-state index contributed by atoms with van der Waals surface area (Å²) in [5.74, 6) is 1.13. The second-order valence-corrected chi connectivity index (χ2v) is 7.73. The van der Waals surface area contributed by atoms with Crippen LogP contribution in [0.4, 0.5) is 0 Å². The monoisotopic (exact) mass is 408 g/mol. The van der Waals surface area contributed by atoms with Crippen LogP contribution in [0.15, 0.2) is 47.1 Å². The zero-order valence-electron chi connectivity index (χ0n) is 17.2. The van der Waals surface area contributed by atoms with Crippen molar-refractivity contribution in [2.45, 2.75) is 45.1 Å². The van der Waals surface area contributed by atoms with Crippen LogP contribution in [0.2, 0.25) is 0 Å². The van der Waals surface area contributed by atoms with E-state index in [-0.39, 0.29) is 11.8 Å². The minimum Gasteiger partial charge on any atom is -0.459 e. The van der Waals surface area contributed by atoms with Gasteiger partial charge >= 0.3 is 0 Å². The predicted octanol–water partition coefficient (Wildman–Crippen LogP) is 3.39. The summed E-state index contributed by atoms with van der Waals surface area (Å²) in [6.07, 6.45) is 7.46. The molecule has 1 aromatic carbocycles. The summed E-state index contributed by atoms with van der Waals surface area (Å²) in [5.41, 5.74) is 1.88. The van der Waals surface area contributed by atoms with Gasteiger partial charge in [-0.25, -0.2) is 4.98 Å². The van der Waals surface area contributed by atoms with Gasteiger partial charge in [-0.3, -0.25) is 9.59 Å². The lowest BCUT2D eigenvalue weighted by atomic mass is 10.2. The van der Waals surface area contributed by atoms with Crippen LogP contribution < -0.4 is 5.32 Å². The fraction of sp³-hybridized carbons (Fsp3) is 0.435. The van der Waals surface area contributed by atoms with Gasteiger partial charge in [0.2, 0.25) is 5.91 Å². The summed E-state index contributed by atoms with van der Waals surface area (Å²) >= 11 is 0. The van der Waals surface area contributed by atoms with Crippen LogP contribution in [0, 0.1) is 0 Å². The van der Waals surface area contributed by atoms with Gasteiger partial charge in [-0.1, -0.05) is 25.0 Å². The number of amides is 2. The summed E-state index contributed by atoms with van der Waals surface area (Å²) in [4.78, 5) is 31.7. The first-order chi connectivity index (χ1) is 14.7. The molecule has 0 unspecified atom stereocenters. The number of carbonyl (C=O) groups is 2. The zero-order valence-corrected chi connectivity index (χ0v) is 17.2. The second kappa shape index (κ2) is 9.61. The smallest absolute Gasteiger partial charge is 0.286 e. The molecule has 0 spiro atoms. The molecule has 4 rings (SSSR count). The lowest BCUT2D eigenvalue weighted by Gasteiger charge is -2.21. The van der Waals surface area contributed by atoms with E-state index in [1.807, 2.05) is 33.7 Å². The van der Waals surface area contributed by atoms with E-state index in [1.165, 1.54) is 19.1 Å². The Bertz CT molecular complexity index is 985. The van der Waals surface area contributed by atoms with Crippen molar-refractivity contribution in [1.29, 1.82) is 0 Å². The van der Waals surface area contributed by atoms with Gasteiger partial charge in [0.1, 0.15) is 12.4 Å². The van der Waals surface area contributed by atoms with Gasteiger partial charge in [-0.15, -0.1) is 0 Å². The summed E-state index contributed by atoms with van der Waals surface area (Å²) in [5, 5.41) is 2.86. The van der Waals surface area contributed by atoms with Gasteiger partial charge in [-0.05, 0) is 43.5 Å². The predicted molar refractivity (Wildman–Crippen MR) is 114 cm³/mol. The second-order valence-electron chi connectivity index (χ2n) is 7.73. The molecule has 0 radical (unpaired) electrons. The van der Waals surface area contributed by atoms with Crippen molar-refractivity contribution in [3.8, 4) is 0 Å². The number of nitrogens with one attached hydrogen (secondary N) is 1. The van der Waals surface area contributed by atoms with Crippen LogP contribution in [0.3, 0.4) is 0 Å². The highest BCUT2D eigenvalue weighted by molar-refractivity contribution is 5.91. The molecule has 1 N–H and O–H groups in total. The lowest BCUT2D eigenvalue weighted by Crippen LogP contribution is -2.35. The number of nitrogens with zero attached hydrogens (tertiary/aromatic N) is 3. The lowest BCUT2D eigenvalue weighted by molar-refractivity contribution is -0.131. The molecule has 0 aliphatic carbocycles. The fourth-order valence-corrected chi connectivity index (χ4v) is 3.99. The van der Waals surface area contributed by atoms with Gasteiger partial charge in [-0.2, -0.15) is 0 Å². The van der Waals surface area contributed by atoms with Crippen LogP contribution in [-0.2, 0) is 17.8 Å². The van der Waals surface area contributed by atoms with Crippen molar-refractivity contribution in [1.82, 2.24) is 19.8 Å². The number of hydrogen-bond acceptors (Lipinski definition) is 4. The fourth-order valence-electron chi connectivity index (χ4n) is 3.99. The Labute approximate surface area is 176 Å². The molecule has 3 aromatic rings. The number of para-hydroxylation sites is 2. The van der Waals surface area contributed by atoms with Crippen LogP contribution in [-0.4, -0.2) is 45.9 Å². The maximum Gasteiger partial charge on any atom is 0.286 e. The van der Waals surface area contributed by atoms with Gasteiger partial charge in [0.15, 0.2) is 5.76 Å². The number of carbonyl (C=O) groups excluding carboxylic acids is 2. The van der Waals surface area contributed by atoms with Crippen LogP contribution in [0.5, 0.6) is 0 Å². The molecule has 2 amide bonds. The van der Waals surface area contributed by atoms with E-state index in [4.69, 9.17) is 9.40 Å². The van der Waals surface area contributed by atoms with E-state index in [9.17, 15) is 9.59 Å². The van der Waals surface area contributed by atoms with Crippen LogP contribution in [0.1, 0.15) is 48.5 Å². The maximum atomic E-state index is 13.0. The van der Waals surface area contributed by atoms with Crippen molar-refractivity contribution >= 4 is 22.8 Å². The van der Waals surface area contributed by atoms with Gasteiger partial charge in [0.05, 0.1) is 17.3 Å². The van der Waals surface area contributed by atoms with Crippen LogP contribution in [0.25, 0.3) is 11.0 Å². The molecule has 0 atom stereocenters. The highest BCUT2D eigenvalue weighted by Crippen LogP contribution is 2.18. The first kappa shape index (κ1) is 20.2. The number of likely N-dealkylation sites (tertiary alicyclic amines) is 1. The number of aromatic nitrogens is 2. The topological polar surface area (TPSA) is 80.4 Å². The van der Waals surface area contributed by atoms with Crippen molar-refractivity contribution in [3.05, 3.63) is 54.2 Å². The third kappa shape index (κ3) is 4.72. The molecular weight excluding hydrogens is 380 g/mol. The molecule has 30 heavy (non-hydrogen) atoms. The Kier molecular flexibility index (Phi) is 6.47. The minimum absolute atomic E-state index is 0.160. The highest BCUT2D eigenvalue weighted by Gasteiger charge is 2.19. The molecule has 0 saturated carbocycles. The Morgan fingerprint density at radius 3 is 2.60 bits per heavy atom. The molecule has 1 saturated heterocycles. The largest absolute Gasteiger partial charge is 0.459 e. The number of fused-ring (bicyclic) bond motifs is 1. The van der Waals surface area contributed by atoms with Crippen molar-refractivity contribution in [3.63, 3.8) is 0 Å². The summed E-state index contributed by atoms with van der Waals surface area (Å²) in [6, 6.07) is 11.3. The van der Waals surface area contributed by atoms with E-state index in [1.54, 1.807) is 12.1 Å². The van der Waals surface area contributed by atoms with E-state index in [2.05, 4.69) is 5.32 Å². The zero-order chi connectivity index (χ0) is 20.8. The van der Waals surface area contributed by atoms with E-state index in [0.29, 0.717) is 25.3 Å². The third-order valence-electron chi connectivity index (χ3n) is 5.59. The van der Waals surface area contributed by atoms with Crippen molar-refractivity contribution < 1.29 is 14.0 Å². The molecule has 7 heteroatoms. The Hall–Kier alpha value is -3.09. The van der Waals surface area contributed by atoms with Gasteiger partial charge < -0.3 is 19.2 Å². The molecule has 3 heterocycles. The van der Waals surface area contributed by atoms with E-state index >= 15 is 0 Å². The van der Waals surface area contributed by atoms with Crippen molar-refractivity contribution in [2.24, 2.45) is 0 Å². The van der Waals surface area contributed by atoms with Crippen LogP contribution >= 0.6 is 0 Å². The van der Waals surface area contributed by atoms with E-state index < -0.39 is 0 Å². The normalized spacial score (nSPS) is 14.6. The Balaban J connectivity index is 1.42. The Morgan fingerprint density at radius 2 is 1.83 bits per heavy atom. The number of aryl methyl sites for hydroxylation is 1. The highest BCUT2D eigenvalue weighted by atomic mass is 16.3. The van der Waals surface area contributed by atoms with Gasteiger partial charge in [0, 0.05) is 26.1 Å². The van der Waals surface area contributed by atoms with Gasteiger partial charge in [0.25, 0.3) is 5.91 Å². The molecule has 1 aliphatic heterocycles. The first-order valence-electron chi connectivity index (χ1n) is 10.8. The summed E-state index contributed by atoms with van der Waals surface area (Å²) < 4.78 is 7.15. The Morgan fingerprint density at radius 1 is 1.03 bits per heavy atom. The standard InChI is InChI=1S/C23H28N4O3/c28-22(26-14-5-1-2-6-15-26)17-27-19-10-4-3-9-18(19)25-21(27)12-7-13-24-23(29)20-11-8-16-30-20/h3-4,8-11,16H,1-2,5-7,12-15,17H2,(H,24,29). The number of rotatable bonds is 7. The first-order valence-corrected chi connectivity index (χ1v) is 10.8. The molecule has 0 bridgehead atoms. The number of hydrogen-bond donors (Lipinski definition) is 1. The third-order valence-corrected chi connectivity index (χ3v) is 5.59. The molecule has 1 fully saturated rings. The molecule has 7 nitrogen and oxygen atoms in total. The number of imidazole rings is 1. The minimum atomic E-state index is -0.218. The SMILES string of the molecule is O=C(NCCCc1nc2ccccc2n1CC(=O)N1CCCCCC1)c1ccco1.